The van der Waals surface area contributed by atoms with Crippen LogP contribution in [0, 0.1) is 11.3 Å². The van der Waals surface area contributed by atoms with Gasteiger partial charge in [-0.05, 0) is 43.8 Å². The van der Waals surface area contributed by atoms with E-state index in [0.717, 1.165) is 31.8 Å². The molecule has 1 aliphatic rings. The van der Waals surface area contributed by atoms with Crippen molar-refractivity contribution >= 4 is 6.29 Å². The first kappa shape index (κ1) is 14.3. The van der Waals surface area contributed by atoms with Gasteiger partial charge in [0.15, 0.2) is 0 Å². The third-order valence-electron chi connectivity index (χ3n) is 4.02. The molecule has 0 spiro atoms. The molecular formula is C17H25NO. The number of carbonyl (C=O) groups is 1. The molecule has 1 aromatic rings. The van der Waals surface area contributed by atoms with Crippen molar-refractivity contribution in [1.82, 2.24) is 4.90 Å². The van der Waals surface area contributed by atoms with E-state index >= 15 is 0 Å². The maximum Gasteiger partial charge on any atom is 0.126 e. The van der Waals surface area contributed by atoms with Crippen molar-refractivity contribution in [2.75, 3.05) is 19.6 Å². The summed E-state index contributed by atoms with van der Waals surface area (Å²) in [7, 11) is 0. The van der Waals surface area contributed by atoms with Gasteiger partial charge in [-0.3, -0.25) is 0 Å². The highest BCUT2D eigenvalue weighted by Gasteiger charge is 2.25. The van der Waals surface area contributed by atoms with Crippen LogP contribution in [0.25, 0.3) is 0 Å². The summed E-state index contributed by atoms with van der Waals surface area (Å²) in [6.45, 7) is 7.21. The van der Waals surface area contributed by atoms with Crippen LogP contribution in [0.5, 0.6) is 0 Å². The zero-order chi connectivity index (χ0) is 13.7. The Balaban J connectivity index is 1.78. The Morgan fingerprint density at radius 3 is 2.42 bits per heavy atom. The van der Waals surface area contributed by atoms with Gasteiger partial charge < -0.3 is 9.69 Å². The maximum atomic E-state index is 11.0. The van der Waals surface area contributed by atoms with Crippen molar-refractivity contribution in [3.63, 3.8) is 0 Å². The van der Waals surface area contributed by atoms with E-state index in [2.05, 4.69) is 35.2 Å². The highest BCUT2D eigenvalue weighted by molar-refractivity contribution is 5.58. The van der Waals surface area contributed by atoms with Crippen molar-refractivity contribution in [3.05, 3.63) is 35.9 Å². The van der Waals surface area contributed by atoms with Crippen LogP contribution in [0.3, 0.4) is 0 Å². The van der Waals surface area contributed by atoms with Crippen LogP contribution in [0.4, 0.5) is 0 Å². The minimum Gasteiger partial charge on any atom is -0.303 e. The number of piperidine rings is 1. The standard InChI is InChI=1S/C17H25NO/c1-17(2,14-19)13-18-10-8-16(9-11-18)12-15-6-4-3-5-7-15/h3-7,14,16H,8-13H2,1-2H3. The van der Waals surface area contributed by atoms with Gasteiger partial charge >= 0.3 is 0 Å². The zero-order valence-corrected chi connectivity index (χ0v) is 12.1. The predicted molar refractivity (Wildman–Crippen MR) is 79.2 cm³/mol. The first-order valence-electron chi connectivity index (χ1n) is 7.32. The van der Waals surface area contributed by atoms with Crippen molar-refractivity contribution in [1.29, 1.82) is 0 Å². The van der Waals surface area contributed by atoms with E-state index in [9.17, 15) is 4.79 Å². The molecule has 0 unspecified atom stereocenters. The molecular weight excluding hydrogens is 234 g/mol. The van der Waals surface area contributed by atoms with Gasteiger partial charge in [0.05, 0.1) is 0 Å². The molecule has 104 valence electrons. The number of aldehydes is 1. The van der Waals surface area contributed by atoms with Gasteiger partial charge in [0.25, 0.3) is 0 Å². The van der Waals surface area contributed by atoms with Gasteiger partial charge in [0.2, 0.25) is 0 Å². The van der Waals surface area contributed by atoms with E-state index < -0.39 is 0 Å². The average molecular weight is 259 g/mol. The summed E-state index contributed by atoms with van der Waals surface area (Å²) >= 11 is 0. The summed E-state index contributed by atoms with van der Waals surface area (Å²) in [4.78, 5) is 13.4. The number of likely N-dealkylation sites (tertiary alicyclic amines) is 1. The quantitative estimate of drug-likeness (QED) is 0.757. The molecule has 2 nitrogen and oxygen atoms in total. The topological polar surface area (TPSA) is 20.3 Å². The molecule has 1 aliphatic heterocycles. The van der Waals surface area contributed by atoms with Crippen LogP contribution in [0.1, 0.15) is 32.3 Å². The average Bonchev–Trinajstić information content (AvgIpc) is 2.42. The van der Waals surface area contributed by atoms with Crippen LogP contribution < -0.4 is 0 Å². The van der Waals surface area contributed by atoms with Gasteiger partial charge in [0, 0.05) is 12.0 Å². The highest BCUT2D eigenvalue weighted by atomic mass is 16.1. The third kappa shape index (κ3) is 4.46. The Morgan fingerprint density at radius 1 is 1.21 bits per heavy atom. The van der Waals surface area contributed by atoms with Gasteiger partial charge in [-0.2, -0.15) is 0 Å². The summed E-state index contributed by atoms with van der Waals surface area (Å²) in [6.07, 6.45) is 4.79. The van der Waals surface area contributed by atoms with Crippen LogP contribution in [-0.4, -0.2) is 30.8 Å². The molecule has 1 saturated heterocycles. The van der Waals surface area contributed by atoms with Crippen molar-refractivity contribution in [3.8, 4) is 0 Å². The molecule has 1 fully saturated rings. The first-order chi connectivity index (χ1) is 9.09. The number of carbonyl (C=O) groups excluding carboxylic acids is 1. The fraction of sp³-hybridized carbons (Fsp3) is 0.588. The SMILES string of the molecule is CC(C)(C=O)CN1CCC(Cc2ccccc2)CC1. The van der Waals surface area contributed by atoms with E-state index in [1.807, 2.05) is 13.8 Å². The lowest BCUT2D eigenvalue weighted by molar-refractivity contribution is -0.115. The van der Waals surface area contributed by atoms with Crippen LogP contribution in [0.2, 0.25) is 0 Å². The third-order valence-corrected chi connectivity index (χ3v) is 4.02. The molecule has 2 heteroatoms. The second-order valence-electron chi connectivity index (χ2n) is 6.52. The fourth-order valence-corrected chi connectivity index (χ4v) is 2.91. The summed E-state index contributed by atoms with van der Waals surface area (Å²) < 4.78 is 0. The molecule has 0 atom stereocenters. The molecule has 0 N–H and O–H groups in total. The summed E-state index contributed by atoms with van der Waals surface area (Å²) in [6, 6.07) is 10.8. The minimum absolute atomic E-state index is 0.202. The molecule has 0 amide bonds. The normalized spacial score (nSPS) is 18.4. The molecule has 0 aromatic heterocycles. The molecule has 0 bridgehead atoms. The number of nitrogens with zero attached hydrogens (tertiary/aromatic N) is 1. The Hall–Kier alpha value is -1.15. The second-order valence-corrected chi connectivity index (χ2v) is 6.52. The Bertz CT molecular complexity index is 391. The van der Waals surface area contributed by atoms with Gasteiger partial charge in [0.1, 0.15) is 6.29 Å². The number of hydrogen-bond acceptors (Lipinski definition) is 2. The fourth-order valence-electron chi connectivity index (χ4n) is 2.91. The number of rotatable bonds is 5. The molecule has 2 rings (SSSR count). The second kappa shape index (κ2) is 6.33. The summed E-state index contributed by atoms with van der Waals surface area (Å²) in [5.41, 5.74) is 1.25. The summed E-state index contributed by atoms with van der Waals surface area (Å²) in [5.74, 6) is 0.804. The molecule has 0 aliphatic carbocycles. The van der Waals surface area contributed by atoms with E-state index in [-0.39, 0.29) is 5.41 Å². The van der Waals surface area contributed by atoms with Crippen molar-refractivity contribution in [2.45, 2.75) is 33.1 Å². The molecule has 19 heavy (non-hydrogen) atoms. The molecule has 0 radical (unpaired) electrons. The van der Waals surface area contributed by atoms with Crippen molar-refractivity contribution in [2.24, 2.45) is 11.3 Å². The van der Waals surface area contributed by atoms with E-state index in [4.69, 9.17) is 0 Å². The minimum atomic E-state index is -0.202. The van der Waals surface area contributed by atoms with Gasteiger partial charge in [-0.25, -0.2) is 0 Å². The largest absolute Gasteiger partial charge is 0.303 e. The summed E-state index contributed by atoms with van der Waals surface area (Å²) in [5, 5.41) is 0. The monoisotopic (exact) mass is 259 g/mol. The molecule has 0 saturated carbocycles. The van der Waals surface area contributed by atoms with E-state index in [1.54, 1.807) is 0 Å². The predicted octanol–water partition coefficient (Wildman–Crippen LogP) is 3.17. The Morgan fingerprint density at radius 2 is 1.84 bits per heavy atom. The van der Waals surface area contributed by atoms with Gasteiger partial charge in [-0.1, -0.05) is 44.2 Å². The first-order valence-corrected chi connectivity index (χ1v) is 7.32. The van der Waals surface area contributed by atoms with E-state index in [1.165, 1.54) is 24.8 Å². The number of benzene rings is 1. The highest BCUT2D eigenvalue weighted by Crippen LogP contribution is 2.24. The smallest absolute Gasteiger partial charge is 0.126 e. The Kier molecular flexibility index (Phi) is 4.76. The lowest BCUT2D eigenvalue weighted by Crippen LogP contribution is -2.40. The van der Waals surface area contributed by atoms with E-state index in [0.29, 0.717) is 0 Å². The van der Waals surface area contributed by atoms with Crippen LogP contribution in [0.15, 0.2) is 30.3 Å². The molecule has 1 aromatic carbocycles. The van der Waals surface area contributed by atoms with Crippen LogP contribution >= 0.6 is 0 Å². The zero-order valence-electron chi connectivity index (χ0n) is 12.1. The Labute approximate surface area is 116 Å². The molecule has 1 heterocycles. The van der Waals surface area contributed by atoms with Gasteiger partial charge in [-0.15, -0.1) is 0 Å². The number of hydrogen-bond donors (Lipinski definition) is 0. The lowest BCUT2D eigenvalue weighted by Gasteiger charge is -2.35. The van der Waals surface area contributed by atoms with Crippen LogP contribution in [-0.2, 0) is 11.2 Å². The lowest BCUT2D eigenvalue weighted by atomic mass is 9.88. The maximum absolute atomic E-state index is 11.0. The van der Waals surface area contributed by atoms with Crippen molar-refractivity contribution < 1.29 is 4.79 Å².